The number of nitrogens with one attached hydrogen (secondary N) is 3. The van der Waals surface area contributed by atoms with E-state index in [2.05, 4.69) is 29.1 Å². The molecule has 0 aromatic carbocycles. The number of urea groups is 1. The molecule has 146 valence electrons. The third kappa shape index (κ3) is 11.7. The van der Waals surface area contributed by atoms with E-state index in [1.807, 2.05) is 0 Å². The standard InChI is InChI=1S/C17H27N3O6/c1-5-14(22)25-11-17(4,12-26-15(23)6-2)20-16(24)19-10-8-7-9-18-13(3)21/h5-6H,1-2,7-12H2,3-4H3,(H,18,21)(H2,19,20,24). The molecule has 0 saturated carbocycles. The van der Waals surface area contributed by atoms with Gasteiger partial charge in [-0.3, -0.25) is 4.79 Å². The van der Waals surface area contributed by atoms with Gasteiger partial charge < -0.3 is 25.4 Å². The number of amides is 3. The molecule has 9 heteroatoms. The highest BCUT2D eigenvalue weighted by Crippen LogP contribution is 2.07. The van der Waals surface area contributed by atoms with E-state index in [1.54, 1.807) is 6.92 Å². The summed E-state index contributed by atoms with van der Waals surface area (Å²) in [6.07, 6.45) is 3.36. The second-order valence-electron chi connectivity index (χ2n) is 5.76. The summed E-state index contributed by atoms with van der Waals surface area (Å²) >= 11 is 0. The summed E-state index contributed by atoms with van der Waals surface area (Å²) in [4.78, 5) is 45.2. The third-order valence-corrected chi connectivity index (χ3v) is 3.08. The molecule has 0 aliphatic rings. The molecule has 0 atom stereocenters. The van der Waals surface area contributed by atoms with Gasteiger partial charge in [-0.25, -0.2) is 14.4 Å². The van der Waals surface area contributed by atoms with Crippen LogP contribution in [0.1, 0.15) is 26.7 Å². The molecule has 0 unspecified atom stereocenters. The van der Waals surface area contributed by atoms with E-state index in [-0.39, 0.29) is 19.1 Å². The van der Waals surface area contributed by atoms with Crippen molar-refractivity contribution in [2.45, 2.75) is 32.2 Å². The van der Waals surface area contributed by atoms with Crippen LogP contribution in [0.2, 0.25) is 0 Å². The highest BCUT2D eigenvalue weighted by Gasteiger charge is 2.30. The molecular weight excluding hydrogens is 342 g/mol. The molecule has 0 aliphatic carbocycles. The number of carbonyl (C=O) groups is 4. The van der Waals surface area contributed by atoms with Crippen LogP contribution in [0.5, 0.6) is 0 Å². The molecule has 0 aromatic rings. The lowest BCUT2D eigenvalue weighted by Crippen LogP contribution is -2.56. The van der Waals surface area contributed by atoms with Crippen molar-refractivity contribution < 1.29 is 28.7 Å². The number of ether oxygens (including phenoxy) is 2. The van der Waals surface area contributed by atoms with E-state index in [9.17, 15) is 19.2 Å². The van der Waals surface area contributed by atoms with E-state index in [4.69, 9.17) is 9.47 Å². The molecule has 9 nitrogen and oxygen atoms in total. The van der Waals surface area contributed by atoms with Gasteiger partial charge in [0.1, 0.15) is 18.8 Å². The SMILES string of the molecule is C=CC(=O)OCC(C)(COC(=O)C=C)NC(=O)NCCCCNC(C)=O. The zero-order valence-corrected chi connectivity index (χ0v) is 15.3. The Hall–Kier alpha value is -2.84. The number of rotatable bonds is 12. The van der Waals surface area contributed by atoms with Gasteiger partial charge in [0.15, 0.2) is 0 Å². The second kappa shape index (κ2) is 12.5. The van der Waals surface area contributed by atoms with Gasteiger partial charge >= 0.3 is 18.0 Å². The van der Waals surface area contributed by atoms with Crippen LogP contribution in [-0.2, 0) is 23.9 Å². The topological polar surface area (TPSA) is 123 Å². The third-order valence-electron chi connectivity index (χ3n) is 3.08. The zero-order chi connectivity index (χ0) is 20.0. The number of hydrogen-bond acceptors (Lipinski definition) is 6. The zero-order valence-electron chi connectivity index (χ0n) is 15.3. The average Bonchev–Trinajstić information content (AvgIpc) is 2.60. The Morgan fingerprint density at radius 1 is 0.923 bits per heavy atom. The van der Waals surface area contributed by atoms with Gasteiger partial charge in [-0.05, 0) is 19.8 Å². The second-order valence-corrected chi connectivity index (χ2v) is 5.76. The molecule has 0 rings (SSSR count). The summed E-state index contributed by atoms with van der Waals surface area (Å²) in [5, 5.41) is 7.92. The maximum atomic E-state index is 12.0. The normalized spacial score (nSPS) is 10.2. The number of hydrogen-bond donors (Lipinski definition) is 3. The lowest BCUT2D eigenvalue weighted by molar-refractivity contribution is -0.144. The predicted molar refractivity (Wildman–Crippen MR) is 95.2 cm³/mol. The summed E-state index contributed by atoms with van der Waals surface area (Å²) in [6, 6.07) is -0.503. The van der Waals surface area contributed by atoms with Crippen molar-refractivity contribution in [1.29, 1.82) is 0 Å². The molecule has 26 heavy (non-hydrogen) atoms. The Kier molecular flexibility index (Phi) is 11.1. The first-order valence-electron chi connectivity index (χ1n) is 8.11. The maximum Gasteiger partial charge on any atom is 0.330 e. The van der Waals surface area contributed by atoms with Crippen molar-refractivity contribution >= 4 is 23.9 Å². The molecule has 0 saturated heterocycles. The van der Waals surface area contributed by atoms with Gasteiger partial charge in [0, 0.05) is 32.2 Å². The van der Waals surface area contributed by atoms with Gasteiger partial charge in [0.05, 0.1) is 0 Å². The van der Waals surface area contributed by atoms with Crippen molar-refractivity contribution in [2.75, 3.05) is 26.3 Å². The minimum atomic E-state index is -1.13. The lowest BCUT2D eigenvalue weighted by atomic mass is 10.1. The summed E-state index contributed by atoms with van der Waals surface area (Å²) in [5.41, 5.74) is -1.13. The van der Waals surface area contributed by atoms with Crippen LogP contribution < -0.4 is 16.0 Å². The summed E-state index contributed by atoms with van der Waals surface area (Å²) in [6.45, 7) is 10.1. The molecule has 0 radical (unpaired) electrons. The van der Waals surface area contributed by atoms with Crippen LogP contribution in [0.15, 0.2) is 25.3 Å². The van der Waals surface area contributed by atoms with Crippen molar-refractivity contribution in [2.24, 2.45) is 0 Å². The maximum absolute atomic E-state index is 12.0. The van der Waals surface area contributed by atoms with Gasteiger partial charge in [0.25, 0.3) is 0 Å². The van der Waals surface area contributed by atoms with Crippen molar-refractivity contribution in [1.82, 2.24) is 16.0 Å². The highest BCUT2D eigenvalue weighted by atomic mass is 16.5. The Morgan fingerprint density at radius 3 is 1.81 bits per heavy atom. The van der Waals surface area contributed by atoms with Crippen LogP contribution in [-0.4, -0.2) is 55.7 Å². The number of esters is 2. The fourth-order valence-electron chi connectivity index (χ4n) is 1.73. The van der Waals surface area contributed by atoms with Crippen LogP contribution in [0.4, 0.5) is 4.79 Å². The van der Waals surface area contributed by atoms with Crippen molar-refractivity contribution in [3.8, 4) is 0 Å². The summed E-state index contributed by atoms with van der Waals surface area (Å²) in [7, 11) is 0. The fourth-order valence-corrected chi connectivity index (χ4v) is 1.73. The van der Waals surface area contributed by atoms with Crippen LogP contribution in [0.3, 0.4) is 0 Å². The van der Waals surface area contributed by atoms with Crippen molar-refractivity contribution in [3.05, 3.63) is 25.3 Å². The quantitative estimate of drug-likeness (QED) is 0.260. The molecule has 0 fully saturated rings. The van der Waals surface area contributed by atoms with Gasteiger partial charge in [-0.15, -0.1) is 0 Å². The van der Waals surface area contributed by atoms with Crippen LogP contribution in [0, 0.1) is 0 Å². The first-order chi connectivity index (χ1) is 12.2. The van der Waals surface area contributed by atoms with E-state index < -0.39 is 23.5 Å². The largest absolute Gasteiger partial charge is 0.460 e. The predicted octanol–water partition coefficient (Wildman–Crippen LogP) is 0.419. The average molecular weight is 369 g/mol. The van der Waals surface area contributed by atoms with Gasteiger partial charge in [-0.1, -0.05) is 13.2 Å². The molecule has 0 aromatic heterocycles. The Bertz CT molecular complexity index is 509. The number of unbranched alkanes of at least 4 members (excludes halogenated alkanes) is 1. The van der Waals surface area contributed by atoms with Crippen LogP contribution >= 0.6 is 0 Å². The fraction of sp³-hybridized carbons (Fsp3) is 0.529. The molecule has 0 heterocycles. The van der Waals surface area contributed by atoms with Crippen molar-refractivity contribution in [3.63, 3.8) is 0 Å². The first-order valence-corrected chi connectivity index (χ1v) is 8.11. The lowest BCUT2D eigenvalue weighted by Gasteiger charge is -2.29. The Balaban J connectivity index is 4.43. The summed E-state index contributed by atoms with van der Waals surface area (Å²) in [5.74, 6) is -1.42. The van der Waals surface area contributed by atoms with Gasteiger partial charge in [0.2, 0.25) is 5.91 Å². The molecule has 0 aliphatic heterocycles. The van der Waals surface area contributed by atoms with E-state index in [1.165, 1.54) is 6.92 Å². The molecular formula is C17H27N3O6. The first kappa shape index (κ1) is 23.2. The Labute approximate surface area is 153 Å². The smallest absolute Gasteiger partial charge is 0.330 e. The molecule has 0 spiro atoms. The summed E-state index contributed by atoms with van der Waals surface area (Å²) < 4.78 is 9.89. The minimum absolute atomic E-state index is 0.102. The minimum Gasteiger partial charge on any atom is -0.460 e. The Morgan fingerprint density at radius 2 is 1.38 bits per heavy atom. The molecule has 0 bridgehead atoms. The van der Waals surface area contributed by atoms with Crippen LogP contribution in [0.25, 0.3) is 0 Å². The molecule has 3 amide bonds. The van der Waals surface area contributed by atoms with E-state index in [0.717, 1.165) is 12.2 Å². The monoisotopic (exact) mass is 369 g/mol. The molecule has 3 N–H and O–H groups in total. The number of carbonyl (C=O) groups excluding carboxylic acids is 4. The van der Waals surface area contributed by atoms with E-state index >= 15 is 0 Å². The van der Waals surface area contributed by atoms with E-state index in [0.29, 0.717) is 25.9 Å². The highest BCUT2D eigenvalue weighted by molar-refractivity contribution is 5.82. The van der Waals surface area contributed by atoms with Gasteiger partial charge in [-0.2, -0.15) is 0 Å².